The first-order valence-electron chi connectivity index (χ1n) is 9.44. The highest BCUT2D eigenvalue weighted by Gasteiger charge is 2.16. The smallest absolute Gasteiger partial charge is 0.169 e. The minimum atomic E-state index is -3.28. The van der Waals surface area contributed by atoms with Gasteiger partial charge in [0.05, 0.1) is 30.6 Å². The average Bonchev–Trinajstić information content (AvgIpc) is 2.50. The van der Waals surface area contributed by atoms with Gasteiger partial charge in [-0.25, -0.2) is 13.2 Å². The Hall–Kier alpha value is -2.37. The fourth-order valence-corrected chi connectivity index (χ4v) is 1.47. The predicted molar refractivity (Wildman–Crippen MR) is 70.2 cm³/mol. The molecule has 0 aliphatic rings. The molecule has 112 valence electrons. The lowest BCUT2D eigenvalue weighted by molar-refractivity contribution is 0.269. The maximum atomic E-state index is 14.3. The minimum Gasteiger partial charge on any atom is -0.496 e. The molecule has 0 bridgehead atoms. The summed E-state index contributed by atoms with van der Waals surface area (Å²) in [5.41, 5.74) is -1.24. The molecule has 2 aromatic carbocycles. The van der Waals surface area contributed by atoms with Crippen molar-refractivity contribution in [3.8, 4) is 17.2 Å². The summed E-state index contributed by atoms with van der Waals surface area (Å²) < 4.78 is 114. The number of rotatable bonds is 5. The molecule has 2 rings (SSSR count). The van der Waals surface area contributed by atoms with Crippen molar-refractivity contribution in [1.29, 1.82) is 0 Å². The average molecular weight is 306 g/mol. The molecular weight excluding hydrogens is 285 g/mol. The summed E-state index contributed by atoms with van der Waals surface area (Å²) in [4.78, 5) is 0. The Kier molecular flexibility index (Phi) is 2.31. The zero-order valence-corrected chi connectivity index (χ0v) is 10.2. The Morgan fingerprint density at radius 1 is 1.00 bits per heavy atom. The molecule has 0 radical (unpaired) electrons. The zero-order valence-electron chi connectivity index (χ0n) is 18.2. The van der Waals surface area contributed by atoms with E-state index in [0.717, 1.165) is 12.1 Å². The summed E-state index contributed by atoms with van der Waals surface area (Å²) >= 11 is 0. The second-order valence-corrected chi connectivity index (χ2v) is 3.73. The highest BCUT2D eigenvalue weighted by atomic mass is 19.2. The van der Waals surface area contributed by atoms with Crippen LogP contribution in [0, 0.1) is 17.5 Å². The highest BCUT2D eigenvalue weighted by Crippen LogP contribution is 2.30. The summed E-state index contributed by atoms with van der Waals surface area (Å²) in [6, 6.07) is 3.37. The van der Waals surface area contributed by atoms with E-state index in [2.05, 4.69) is 9.47 Å². The van der Waals surface area contributed by atoms with Gasteiger partial charge in [-0.15, -0.1) is 0 Å². The van der Waals surface area contributed by atoms with E-state index in [1.807, 2.05) is 0 Å². The van der Waals surface area contributed by atoms with Crippen molar-refractivity contribution >= 4 is 0 Å². The highest BCUT2D eigenvalue weighted by molar-refractivity contribution is 5.41. The third-order valence-electron chi connectivity index (χ3n) is 2.45. The second kappa shape index (κ2) is 6.39. The van der Waals surface area contributed by atoms with Gasteiger partial charge in [0.25, 0.3) is 0 Å². The quantitative estimate of drug-likeness (QED) is 0.843. The number of hydrogen-bond acceptors (Lipinski definition) is 3. The van der Waals surface area contributed by atoms with Crippen LogP contribution in [0.4, 0.5) is 13.2 Å². The van der Waals surface area contributed by atoms with Crippen LogP contribution in [0.2, 0.25) is 0 Å². The third kappa shape index (κ3) is 3.21. The Balaban J connectivity index is 2.54. The standard InChI is InChI=1S/C15H13F3O3/c1-19-12-6-4-11(17)15(18)10(12)8-21-13-5-3-9(16)7-14(13)20-2/h3-7H,8H2,1-2H3/i1D3,2D3,8D2. The molecule has 0 heterocycles. The normalized spacial score (nSPS) is 17.9. The SMILES string of the molecule is [2H]C([2H])([2H])Oc1cc(F)ccc1OC([2H])([2H])c1c(OC([2H])([2H])[2H])ccc(F)c1F. The van der Waals surface area contributed by atoms with Gasteiger partial charge in [-0.3, -0.25) is 0 Å². The summed E-state index contributed by atoms with van der Waals surface area (Å²) in [7, 11) is -6.18. The number of benzene rings is 2. The van der Waals surface area contributed by atoms with Gasteiger partial charge in [-0.05, 0) is 24.3 Å². The third-order valence-corrected chi connectivity index (χ3v) is 2.45. The maximum absolute atomic E-state index is 14.3. The predicted octanol–water partition coefficient (Wildman–Crippen LogP) is 3.70. The Morgan fingerprint density at radius 2 is 1.71 bits per heavy atom. The lowest BCUT2D eigenvalue weighted by Gasteiger charge is -2.13. The Bertz CT molecular complexity index is 900. The van der Waals surface area contributed by atoms with E-state index in [1.54, 1.807) is 0 Å². The van der Waals surface area contributed by atoms with Crippen LogP contribution in [-0.4, -0.2) is 14.1 Å². The van der Waals surface area contributed by atoms with Gasteiger partial charge in [-0.1, -0.05) is 0 Å². The molecule has 0 saturated heterocycles. The number of ether oxygens (including phenoxy) is 3. The van der Waals surface area contributed by atoms with E-state index in [4.69, 9.17) is 15.7 Å². The molecule has 0 fully saturated rings. The van der Waals surface area contributed by atoms with Crippen LogP contribution in [0.15, 0.2) is 30.3 Å². The van der Waals surface area contributed by atoms with Crippen molar-refractivity contribution < 1.29 is 38.3 Å². The van der Waals surface area contributed by atoms with Gasteiger partial charge in [0.2, 0.25) is 0 Å². The van der Waals surface area contributed by atoms with Gasteiger partial charge in [0.1, 0.15) is 18.1 Å². The first kappa shape index (κ1) is 7.59. The lowest BCUT2D eigenvalue weighted by atomic mass is 10.2. The van der Waals surface area contributed by atoms with Crippen molar-refractivity contribution in [1.82, 2.24) is 0 Å². The molecule has 0 spiro atoms. The van der Waals surface area contributed by atoms with Crippen LogP contribution in [-0.2, 0) is 6.56 Å². The van der Waals surface area contributed by atoms with Crippen LogP contribution < -0.4 is 14.2 Å². The molecule has 0 aromatic heterocycles. The number of hydrogen-bond donors (Lipinski definition) is 0. The van der Waals surface area contributed by atoms with Crippen LogP contribution in [0.25, 0.3) is 0 Å². The molecule has 0 N–H and O–H groups in total. The topological polar surface area (TPSA) is 27.7 Å². The van der Waals surface area contributed by atoms with E-state index in [0.29, 0.717) is 18.2 Å². The molecule has 0 aliphatic heterocycles. The summed E-state index contributed by atoms with van der Waals surface area (Å²) in [5, 5.41) is 0. The first-order valence-corrected chi connectivity index (χ1v) is 5.44. The summed E-state index contributed by atoms with van der Waals surface area (Å²) in [6.45, 7) is -3.28. The van der Waals surface area contributed by atoms with Gasteiger partial charge >= 0.3 is 0 Å². The van der Waals surface area contributed by atoms with Crippen molar-refractivity contribution in [2.75, 3.05) is 14.1 Å². The lowest BCUT2D eigenvalue weighted by Crippen LogP contribution is -2.04. The number of halogens is 3. The van der Waals surface area contributed by atoms with Crippen LogP contribution in [0.5, 0.6) is 17.2 Å². The van der Waals surface area contributed by atoms with Crippen LogP contribution >= 0.6 is 0 Å². The fraction of sp³-hybridized carbons (Fsp3) is 0.200. The second-order valence-electron chi connectivity index (χ2n) is 3.73. The largest absolute Gasteiger partial charge is 0.496 e. The van der Waals surface area contributed by atoms with Crippen LogP contribution in [0.1, 0.15) is 16.5 Å². The molecule has 0 aliphatic carbocycles. The van der Waals surface area contributed by atoms with Gasteiger partial charge in [0, 0.05) is 6.07 Å². The molecule has 6 heteroatoms. The number of methoxy groups -OCH3 is 2. The molecule has 2 aromatic rings. The molecule has 21 heavy (non-hydrogen) atoms. The van der Waals surface area contributed by atoms with E-state index in [-0.39, 0.29) is 0 Å². The van der Waals surface area contributed by atoms with E-state index in [1.165, 1.54) is 0 Å². The fourth-order valence-electron chi connectivity index (χ4n) is 1.47. The van der Waals surface area contributed by atoms with E-state index >= 15 is 0 Å². The summed E-state index contributed by atoms with van der Waals surface area (Å²) in [5.74, 6) is -6.56. The molecule has 0 amide bonds. The van der Waals surface area contributed by atoms with Crippen molar-refractivity contribution in [3.63, 3.8) is 0 Å². The van der Waals surface area contributed by atoms with E-state index < -0.39 is 60.9 Å². The molecule has 0 saturated carbocycles. The van der Waals surface area contributed by atoms with E-state index in [9.17, 15) is 13.2 Å². The molecule has 3 nitrogen and oxygen atoms in total. The van der Waals surface area contributed by atoms with Crippen LogP contribution in [0.3, 0.4) is 0 Å². The zero-order chi connectivity index (χ0) is 22.2. The van der Waals surface area contributed by atoms with Gasteiger partial charge in [-0.2, -0.15) is 0 Å². The minimum absolute atomic E-state index is 0.525. The Morgan fingerprint density at radius 3 is 2.48 bits per heavy atom. The molecular formula is C15H13F3O3. The van der Waals surface area contributed by atoms with Crippen molar-refractivity contribution in [3.05, 3.63) is 53.3 Å². The summed E-state index contributed by atoms with van der Waals surface area (Å²) in [6.07, 6.45) is 0. The molecule has 0 unspecified atom stereocenters. The maximum Gasteiger partial charge on any atom is 0.169 e. The van der Waals surface area contributed by atoms with Gasteiger partial charge < -0.3 is 14.2 Å². The monoisotopic (exact) mass is 306 g/mol. The van der Waals surface area contributed by atoms with Crippen molar-refractivity contribution in [2.24, 2.45) is 0 Å². The Labute approximate surface area is 131 Å². The van der Waals surface area contributed by atoms with Gasteiger partial charge in [0.15, 0.2) is 23.1 Å². The molecule has 0 atom stereocenters. The first-order chi connectivity index (χ1) is 13.1. The van der Waals surface area contributed by atoms with Crippen molar-refractivity contribution in [2.45, 2.75) is 6.56 Å².